The number of unbranched alkanes of at least 4 members (excludes halogenated alkanes) is 4. The Morgan fingerprint density at radius 2 is 0.982 bits per heavy atom. The monoisotopic (exact) mass is 803 g/mol. The Morgan fingerprint density at radius 3 is 1.46 bits per heavy atom. The zero-order valence-electron chi connectivity index (χ0n) is 32.6. The highest BCUT2D eigenvalue weighted by Gasteiger charge is 2.30. The molecule has 0 fully saturated rings. The summed E-state index contributed by atoms with van der Waals surface area (Å²) in [5.41, 5.74) is -0.1000. The normalized spacial score (nSPS) is 11.5. The van der Waals surface area contributed by atoms with E-state index in [9.17, 15) is 22.8 Å². The van der Waals surface area contributed by atoms with Gasteiger partial charge in [-0.3, -0.25) is 4.79 Å². The van der Waals surface area contributed by atoms with Gasteiger partial charge in [-0.1, -0.05) is 50.8 Å². The van der Waals surface area contributed by atoms with Crippen molar-refractivity contribution < 1.29 is 70.1 Å². The third-order valence-corrected chi connectivity index (χ3v) is 7.66. The Balaban J connectivity index is 1.29. The summed E-state index contributed by atoms with van der Waals surface area (Å²) in [6.07, 6.45) is 1.50. The lowest BCUT2D eigenvalue weighted by molar-refractivity contribution is -0.145. The Labute approximate surface area is 328 Å². The van der Waals surface area contributed by atoms with Gasteiger partial charge in [0.25, 0.3) is 0 Å². The maximum atomic E-state index is 13.1. The molecule has 0 saturated carbocycles. The lowest BCUT2D eigenvalue weighted by Crippen LogP contribution is -2.16. The maximum Gasteiger partial charge on any atom is 0.416 e. The highest BCUT2D eigenvalue weighted by atomic mass is 19.4. The van der Waals surface area contributed by atoms with Crippen LogP contribution in [-0.4, -0.2) is 131 Å². The van der Waals surface area contributed by atoms with Crippen LogP contribution in [-0.2, 0) is 58.3 Å². The lowest BCUT2D eigenvalue weighted by Gasteiger charge is -2.13. The van der Waals surface area contributed by atoms with E-state index in [0.29, 0.717) is 111 Å². The van der Waals surface area contributed by atoms with Gasteiger partial charge in [0.2, 0.25) is 0 Å². The minimum Gasteiger partial charge on any atom is -0.463 e. The van der Waals surface area contributed by atoms with Crippen molar-refractivity contribution >= 4 is 23.3 Å². The summed E-state index contributed by atoms with van der Waals surface area (Å²) in [7, 11) is 0. The number of ether oxygens (including phenoxy) is 10. The first kappa shape index (κ1) is 48.8. The SMILES string of the molecule is CCCCCCCC(=O)OCCOCCOCCOCCOCCOCCOCCOCCOCCOC(=O)c1ccccc1Nc1cccc(C(F)(F)F)c1. The average molecular weight is 804 g/mol. The highest BCUT2D eigenvalue weighted by Crippen LogP contribution is 2.32. The smallest absolute Gasteiger partial charge is 0.416 e. The molecule has 1 N–H and O–H groups in total. The summed E-state index contributed by atoms with van der Waals surface area (Å²) in [4.78, 5) is 24.2. The van der Waals surface area contributed by atoms with Crippen LogP contribution in [0.1, 0.15) is 61.4 Å². The van der Waals surface area contributed by atoms with E-state index in [1.165, 1.54) is 37.5 Å². The average Bonchev–Trinajstić information content (AvgIpc) is 3.18. The molecule has 0 saturated heterocycles. The molecule has 0 amide bonds. The van der Waals surface area contributed by atoms with E-state index in [1.54, 1.807) is 18.2 Å². The summed E-state index contributed by atoms with van der Waals surface area (Å²) in [6, 6.07) is 11.1. The number of rotatable bonds is 36. The number of nitrogens with one attached hydrogen (secondary N) is 1. The van der Waals surface area contributed by atoms with E-state index in [1.807, 2.05) is 0 Å². The fourth-order valence-corrected chi connectivity index (χ4v) is 4.77. The third kappa shape index (κ3) is 25.7. The first-order valence-electron chi connectivity index (χ1n) is 19.3. The van der Waals surface area contributed by atoms with Crippen molar-refractivity contribution in [2.24, 2.45) is 0 Å². The van der Waals surface area contributed by atoms with Gasteiger partial charge in [-0.2, -0.15) is 13.2 Å². The number of benzene rings is 2. The molecule has 0 atom stereocenters. The van der Waals surface area contributed by atoms with Crippen molar-refractivity contribution in [2.45, 2.75) is 51.6 Å². The lowest BCUT2D eigenvalue weighted by atomic mass is 10.1. The number of carbonyl (C=O) groups excluding carboxylic acids is 2. The molecule has 0 aliphatic rings. The largest absolute Gasteiger partial charge is 0.463 e. The minimum absolute atomic E-state index is 0.00536. The molecule has 0 bridgehead atoms. The summed E-state index contributed by atoms with van der Waals surface area (Å²) >= 11 is 0. The van der Waals surface area contributed by atoms with Crippen molar-refractivity contribution in [2.75, 3.05) is 124 Å². The Kier molecular flexibility index (Phi) is 28.5. The van der Waals surface area contributed by atoms with Crippen molar-refractivity contribution in [3.8, 4) is 0 Å². The number of hydrogen-bond acceptors (Lipinski definition) is 13. The van der Waals surface area contributed by atoms with Crippen LogP contribution in [0.3, 0.4) is 0 Å². The van der Waals surface area contributed by atoms with Crippen molar-refractivity contribution in [3.05, 3.63) is 59.7 Å². The molecular weight excluding hydrogens is 743 g/mol. The minimum atomic E-state index is -4.48. The predicted molar refractivity (Wildman–Crippen MR) is 202 cm³/mol. The topological polar surface area (TPSA) is 138 Å². The molecular formula is C40H60F3NO12. The van der Waals surface area contributed by atoms with Gasteiger partial charge in [0.05, 0.1) is 123 Å². The van der Waals surface area contributed by atoms with Crippen molar-refractivity contribution in [1.82, 2.24) is 0 Å². The molecule has 0 aromatic heterocycles. The number of para-hydroxylation sites is 1. The summed E-state index contributed by atoms with van der Waals surface area (Å²) in [5.74, 6) is -0.797. The zero-order valence-corrected chi connectivity index (χ0v) is 32.6. The van der Waals surface area contributed by atoms with Crippen molar-refractivity contribution in [1.29, 1.82) is 0 Å². The molecule has 13 nitrogen and oxygen atoms in total. The summed E-state index contributed by atoms with van der Waals surface area (Å²) in [5, 5.41) is 2.86. The van der Waals surface area contributed by atoms with Crippen LogP contribution in [0, 0.1) is 0 Å². The molecule has 56 heavy (non-hydrogen) atoms. The highest BCUT2D eigenvalue weighted by molar-refractivity contribution is 5.96. The summed E-state index contributed by atoms with van der Waals surface area (Å²) in [6.45, 7) is 8.76. The molecule has 0 aliphatic carbocycles. The van der Waals surface area contributed by atoms with E-state index >= 15 is 0 Å². The summed E-state index contributed by atoms with van der Waals surface area (Å²) < 4.78 is 93.2. The van der Waals surface area contributed by atoms with E-state index in [2.05, 4.69) is 12.2 Å². The second kappa shape index (κ2) is 32.7. The third-order valence-electron chi connectivity index (χ3n) is 7.66. The molecule has 16 heteroatoms. The molecule has 0 unspecified atom stereocenters. The fourth-order valence-electron chi connectivity index (χ4n) is 4.77. The second-order valence-electron chi connectivity index (χ2n) is 12.2. The molecule has 318 valence electrons. The van der Waals surface area contributed by atoms with Crippen LogP contribution in [0.25, 0.3) is 0 Å². The Morgan fingerprint density at radius 1 is 0.536 bits per heavy atom. The second-order valence-corrected chi connectivity index (χ2v) is 12.2. The number of anilines is 2. The Hall–Kier alpha value is -3.35. The molecule has 2 rings (SSSR count). The van der Waals surface area contributed by atoms with Crippen LogP contribution < -0.4 is 5.32 Å². The molecule has 0 heterocycles. The van der Waals surface area contributed by atoms with Gasteiger partial charge in [0.15, 0.2) is 0 Å². The number of halogens is 3. The van der Waals surface area contributed by atoms with Gasteiger partial charge in [0.1, 0.15) is 13.2 Å². The van der Waals surface area contributed by atoms with Crippen molar-refractivity contribution in [3.63, 3.8) is 0 Å². The van der Waals surface area contributed by atoms with Gasteiger partial charge in [-0.15, -0.1) is 0 Å². The molecule has 2 aromatic carbocycles. The first-order chi connectivity index (χ1) is 27.3. The maximum absolute atomic E-state index is 13.1. The standard InChI is InChI=1S/C40H60F3NO12/c1-2-3-4-5-6-14-38(45)55-31-29-53-27-25-51-23-21-49-19-17-47-15-16-48-18-20-50-22-24-52-26-28-54-30-32-56-39(46)36-12-7-8-13-37(36)44-35-11-9-10-34(33-35)40(41,42)43/h7-13,33,44H,2-6,14-32H2,1H3. The zero-order chi connectivity index (χ0) is 40.4. The van der Waals surface area contributed by atoms with Crippen LogP contribution in [0.4, 0.5) is 24.5 Å². The van der Waals surface area contributed by atoms with Gasteiger partial charge in [-0.25, -0.2) is 4.79 Å². The molecule has 0 aliphatic heterocycles. The van der Waals surface area contributed by atoms with Gasteiger partial charge < -0.3 is 52.7 Å². The number of carbonyl (C=O) groups is 2. The molecule has 0 spiro atoms. The van der Waals surface area contributed by atoms with Gasteiger partial charge >= 0.3 is 18.1 Å². The van der Waals surface area contributed by atoms with Crippen LogP contribution >= 0.6 is 0 Å². The molecule has 0 radical (unpaired) electrons. The van der Waals surface area contributed by atoms with E-state index in [4.69, 9.17) is 47.4 Å². The van der Waals surface area contributed by atoms with E-state index in [-0.39, 0.29) is 37.0 Å². The quantitative estimate of drug-likeness (QED) is 0.0583. The van der Waals surface area contributed by atoms with Gasteiger partial charge in [-0.05, 0) is 36.8 Å². The Bertz CT molecular complexity index is 1290. The first-order valence-corrected chi connectivity index (χ1v) is 19.3. The van der Waals surface area contributed by atoms with Crippen LogP contribution in [0.2, 0.25) is 0 Å². The predicted octanol–water partition coefficient (Wildman–Crippen LogP) is 6.64. The number of alkyl halides is 3. The number of hydrogen-bond donors (Lipinski definition) is 1. The van der Waals surface area contributed by atoms with Crippen LogP contribution in [0.5, 0.6) is 0 Å². The number of esters is 2. The fraction of sp³-hybridized carbons (Fsp3) is 0.650. The van der Waals surface area contributed by atoms with Gasteiger partial charge in [0, 0.05) is 12.1 Å². The van der Waals surface area contributed by atoms with Crippen LogP contribution in [0.15, 0.2) is 48.5 Å². The van der Waals surface area contributed by atoms with E-state index < -0.39 is 17.7 Å². The molecule has 2 aromatic rings. The van der Waals surface area contributed by atoms with E-state index in [0.717, 1.165) is 25.0 Å².